The second-order valence-corrected chi connectivity index (χ2v) is 7.73. The number of carbonyl (C=O) groups is 1. The third-order valence-electron chi connectivity index (χ3n) is 4.93. The number of halogens is 1. The summed E-state index contributed by atoms with van der Waals surface area (Å²) in [5.74, 6) is 0.0618. The van der Waals surface area contributed by atoms with Crippen molar-refractivity contribution < 1.29 is 9.18 Å². The van der Waals surface area contributed by atoms with Crippen LogP contribution in [-0.2, 0) is 17.9 Å². The molecule has 0 spiro atoms. The van der Waals surface area contributed by atoms with Crippen molar-refractivity contribution in [2.24, 2.45) is 0 Å². The van der Waals surface area contributed by atoms with Crippen LogP contribution in [0.15, 0.2) is 40.5 Å². The van der Waals surface area contributed by atoms with Crippen LogP contribution >= 0.6 is 11.3 Å². The van der Waals surface area contributed by atoms with E-state index in [1.807, 2.05) is 11.4 Å². The molecular weight excluding hydrogens is 379 g/mol. The van der Waals surface area contributed by atoms with Gasteiger partial charge in [-0.2, -0.15) is 0 Å². The molecule has 1 aliphatic heterocycles. The Balaban J connectivity index is 1.50. The summed E-state index contributed by atoms with van der Waals surface area (Å²) in [4.78, 5) is 32.0. The highest BCUT2D eigenvalue weighted by Crippen LogP contribution is 2.22. The maximum atomic E-state index is 13.7. The maximum absolute atomic E-state index is 13.7. The largest absolute Gasteiger partial charge is 0.352 e. The Morgan fingerprint density at radius 3 is 2.79 bits per heavy atom. The summed E-state index contributed by atoms with van der Waals surface area (Å²) < 4.78 is 15.9. The van der Waals surface area contributed by atoms with E-state index in [2.05, 4.69) is 15.2 Å². The lowest BCUT2D eigenvalue weighted by Gasteiger charge is -2.21. The lowest BCUT2D eigenvalue weighted by Crippen LogP contribution is -2.33. The van der Waals surface area contributed by atoms with Gasteiger partial charge in [-0.05, 0) is 30.4 Å². The number of nitrogens with one attached hydrogen (secondary N) is 1. The van der Waals surface area contributed by atoms with E-state index in [4.69, 9.17) is 0 Å². The molecule has 0 radical (unpaired) electrons. The average molecular weight is 400 g/mol. The van der Waals surface area contributed by atoms with Crippen LogP contribution in [0.25, 0.3) is 10.2 Å². The third-order valence-corrected chi connectivity index (χ3v) is 5.82. The first-order chi connectivity index (χ1) is 13.6. The van der Waals surface area contributed by atoms with Crippen molar-refractivity contribution in [3.63, 3.8) is 0 Å². The zero-order valence-corrected chi connectivity index (χ0v) is 16.2. The molecule has 0 saturated carbocycles. The molecule has 1 fully saturated rings. The third kappa shape index (κ3) is 3.77. The summed E-state index contributed by atoms with van der Waals surface area (Å²) in [5, 5.41) is 4.58. The van der Waals surface area contributed by atoms with Crippen LogP contribution in [0.2, 0.25) is 0 Å². The SMILES string of the molecule is O=C(CCn1c(N2CCCC2)nc2ccsc2c1=O)NCc1ccccc1F. The van der Waals surface area contributed by atoms with E-state index in [9.17, 15) is 14.0 Å². The highest BCUT2D eigenvalue weighted by Gasteiger charge is 2.21. The number of hydrogen-bond donors (Lipinski definition) is 1. The summed E-state index contributed by atoms with van der Waals surface area (Å²) in [6, 6.07) is 8.20. The molecule has 8 heteroatoms. The number of carbonyl (C=O) groups excluding carboxylic acids is 1. The fraction of sp³-hybridized carbons (Fsp3) is 0.350. The van der Waals surface area contributed by atoms with Gasteiger partial charge in [0.15, 0.2) is 0 Å². The van der Waals surface area contributed by atoms with Crippen LogP contribution in [-0.4, -0.2) is 28.5 Å². The van der Waals surface area contributed by atoms with Gasteiger partial charge in [0.05, 0.1) is 5.52 Å². The number of benzene rings is 1. The maximum Gasteiger partial charge on any atom is 0.272 e. The zero-order valence-electron chi connectivity index (χ0n) is 15.4. The highest BCUT2D eigenvalue weighted by molar-refractivity contribution is 7.17. The summed E-state index contributed by atoms with van der Waals surface area (Å²) in [6.07, 6.45) is 2.27. The van der Waals surface area contributed by atoms with Crippen molar-refractivity contribution in [3.05, 3.63) is 57.4 Å². The topological polar surface area (TPSA) is 67.2 Å². The number of thiophene rings is 1. The Morgan fingerprint density at radius 1 is 1.21 bits per heavy atom. The smallest absolute Gasteiger partial charge is 0.272 e. The molecule has 3 heterocycles. The Bertz CT molecular complexity index is 1060. The van der Waals surface area contributed by atoms with Crippen LogP contribution in [0.5, 0.6) is 0 Å². The van der Waals surface area contributed by atoms with Gasteiger partial charge in [0.2, 0.25) is 11.9 Å². The van der Waals surface area contributed by atoms with E-state index < -0.39 is 0 Å². The first kappa shape index (κ1) is 18.6. The molecule has 2 aromatic heterocycles. The fourth-order valence-electron chi connectivity index (χ4n) is 3.43. The van der Waals surface area contributed by atoms with Crippen molar-refractivity contribution in [1.82, 2.24) is 14.9 Å². The van der Waals surface area contributed by atoms with Crippen LogP contribution < -0.4 is 15.8 Å². The van der Waals surface area contributed by atoms with Crippen molar-refractivity contribution in [3.8, 4) is 0 Å². The molecule has 1 aliphatic rings. The van der Waals surface area contributed by atoms with E-state index in [-0.39, 0.29) is 36.8 Å². The van der Waals surface area contributed by atoms with Gasteiger partial charge in [-0.25, -0.2) is 9.37 Å². The lowest BCUT2D eigenvalue weighted by molar-refractivity contribution is -0.121. The van der Waals surface area contributed by atoms with Gasteiger partial charge < -0.3 is 10.2 Å². The Kier molecular flexibility index (Phi) is 5.38. The second-order valence-electron chi connectivity index (χ2n) is 6.82. The molecular formula is C20H21FN4O2S. The normalized spacial score (nSPS) is 14.0. The number of aromatic nitrogens is 2. The van der Waals surface area contributed by atoms with Crippen LogP contribution in [0.3, 0.4) is 0 Å². The standard InChI is InChI=1S/C20H21FN4O2S/c21-15-6-2-1-5-14(15)13-22-17(26)7-11-25-19(27)18-16(8-12-28-18)23-20(25)24-9-3-4-10-24/h1-2,5-6,8,12H,3-4,7,9-11,13H2,(H,22,26). The molecule has 1 amide bonds. The highest BCUT2D eigenvalue weighted by atomic mass is 32.1. The molecule has 0 bridgehead atoms. The van der Waals surface area contributed by atoms with E-state index in [0.717, 1.165) is 25.9 Å². The van der Waals surface area contributed by atoms with Gasteiger partial charge in [-0.15, -0.1) is 11.3 Å². The Hall–Kier alpha value is -2.74. The van der Waals surface area contributed by atoms with Crippen molar-refractivity contribution in [1.29, 1.82) is 0 Å². The number of hydrogen-bond acceptors (Lipinski definition) is 5. The summed E-state index contributed by atoms with van der Waals surface area (Å²) in [5.41, 5.74) is 1.04. The molecule has 146 valence electrons. The predicted molar refractivity (Wildman–Crippen MR) is 108 cm³/mol. The Morgan fingerprint density at radius 2 is 2.00 bits per heavy atom. The molecule has 3 aromatic rings. The quantitative estimate of drug-likeness (QED) is 0.691. The van der Waals surface area contributed by atoms with Crippen molar-refractivity contribution in [2.45, 2.75) is 32.4 Å². The molecule has 1 aromatic carbocycles. The zero-order chi connectivity index (χ0) is 19.5. The monoisotopic (exact) mass is 400 g/mol. The molecule has 6 nitrogen and oxygen atoms in total. The number of nitrogens with zero attached hydrogens (tertiary/aromatic N) is 3. The number of amides is 1. The molecule has 0 aliphatic carbocycles. The summed E-state index contributed by atoms with van der Waals surface area (Å²) in [7, 11) is 0. The lowest BCUT2D eigenvalue weighted by atomic mass is 10.2. The van der Waals surface area contributed by atoms with Crippen LogP contribution in [0, 0.1) is 5.82 Å². The van der Waals surface area contributed by atoms with Crippen LogP contribution in [0.4, 0.5) is 10.3 Å². The minimum absolute atomic E-state index is 0.108. The first-order valence-electron chi connectivity index (χ1n) is 9.36. The predicted octanol–water partition coefficient (Wildman–Crippen LogP) is 2.90. The fourth-order valence-corrected chi connectivity index (χ4v) is 4.21. The van der Waals surface area contributed by atoms with E-state index >= 15 is 0 Å². The summed E-state index contributed by atoms with van der Waals surface area (Å²) >= 11 is 1.37. The first-order valence-corrected chi connectivity index (χ1v) is 10.2. The minimum Gasteiger partial charge on any atom is -0.352 e. The number of fused-ring (bicyclic) bond motifs is 1. The van der Waals surface area contributed by atoms with Gasteiger partial charge in [-0.1, -0.05) is 18.2 Å². The van der Waals surface area contributed by atoms with Crippen molar-refractivity contribution >= 4 is 33.4 Å². The van der Waals surface area contributed by atoms with Gasteiger partial charge in [-0.3, -0.25) is 14.2 Å². The minimum atomic E-state index is -0.345. The average Bonchev–Trinajstić information content (AvgIpc) is 3.38. The summed E-state index contributed by atoms with van der Waals surface area (Å²) in [6.45, 7) is 2.10. The van der Waals surface area contributed by atoms with E-state index in [0.29, 0.717) is 21.7 Å². The number of rotatable bonds is 6. The Labute approximate surface area is 165 Å². The second kappa shape index (κ2) is 8.10. The number of anilines is 1. The van der Waals surface area contributed by atoms with Gasteiger partial charge >= 0.3 is 0 Å². The molecule has 4 rings (SSSR count). The van der Waals surface area contributed by atoms with Crippen molar-refractivity contribution in [2.75, 3.05) is 18.0 Å². The van der Waals surface area contributed by atoms with E-state index in [1.165, 1.54) is 17.4 Å². The van der Waals surface area contributed by atoms with Crippen LogP contribution in [0.1, 0.15) is 24.8 Å². The molecule has 28 heavy (non-hydrogen) atoms. The molecule has 1 N–H and O–H groups in total. The van der Waals surface area contributed by atoms with E-state index in [1.54, 1.807) is 22.8 Å². The molecule has 1 saturated heterocycles. The van der Waals surface area contributed by atoms with Gasteiger partial charge in [0.25, 0.3) is 5.56 Å². The van der Waals surface area contributed by atoms with Gasteiger partial charge in [0.1, 0.15) is 10.5 Å². The van der Waals surface area contributed by atoms with Gasteiger partial charge in [0, 0.05) is 38.2 Å². The molecule has 0 atom stereocenters. The molecule has 0 unspecified atom stereocenters.